The van der Waals surface area contributed by atoms with Crippen molar-refractivity contribution in [1.82, 2.24) is 0 Å². The first-order valence-electron chi connectivity index (χ1n) is 10.9. The van der Waals surface area contributed by atoms with Gasteiger partial charge in [-0.2, -0.15) is 0 Å². The van der Waals surface area contributed by atoms with E-state index in [0.29, 0.717) is 24.0 Å². The molecule has 5 rings (SSSR count). The van der Waals surface area contributed by atoms with Gasteiger partial charge in [0.05, 0.1) is 35.0 Å². The second-order valence-corrected chi connectivity index (χ2v) is 9.51. The molecule has 33 heavy (non-hydrogen) atoms. The summed E-state index contributed by atoms with van der Waals surface area (Å²) in [7, 11) is 0. The van der Waals surface area contributed by atoms with Crippen molar-refractivity contribution in [3.05, 3.63) is 57.1 Å². The molecule has 172 valence electrons. The van der Waals surface area contributed by atoms with Gasteiger partial charge in [-0.15, -0.1) is 0 Å². The summed E-state index contributed by atoms with van der Waals surface area (Å²) in [6.07, 6.45) is -0.942. The number of ether oxygens (including phenoxy) is 1. The first kappa shape index (κ1) is 21.8. The zero-order chi connectivity index (χ0) is 23.8. The molecule has 2 aromatic carbocycles. The van der Waals surface area contributed by atoms with Crippen LogP contribution in [-0.2, 0) is 11.2 Å². The number of fused-ring (bicyclic) bond motifs is 4. The number of aromatic hydroxyl groups is 2. The maximum Gasteiger partial charge on any atom is 0.202 e. The maximum absolute atomic E-state index is 13.5. The van der Waals surface area contributed by atoms with E-state index in [1.165, 1.54) is 25.1 Å². The third-order valence-corrected chi connectivity index (χ3v) is 6.91. The normalized spacial score (nSPS) is 28.8. The van der Waals surface area contributed by atoms with E-state index in [9.17, 15) is 34.8 Å². The van der Waals surface area contributed by atoms with Gasteiger partial charge in [0, 0.05) is 35.1 Å². The Kier molecular flexibility index (Phi) is 4.76. The van der Waals surface area contributed by atoms with Crippen LogP contribution in [0.15, 0.2) is 18.2 Å². The van der Waals surface area contributed by atoms with Crippen LogP contribution >= 0.6 is 0 Å². The summed E-state index contributed by atoms with van der Waals surface area (Å²) in [6.45, 7) is 3.21. The van der Waals surface area contributed by atoms with Gasteiger partial charge in [-0.3, -0.25) is 14.4 Å². The summed E-state index contributed by atoms with van der Waals surface area (Å²) in [5.74, 6) is -2.76. The lowest BCUT2D eigenvalue weighted by molar-refractivity contribution is -0.110. The minimum atomic E-state index is -1.32. The van der Waals surface area contributed by atoms with Crippen molar-refractivity contribution in [2.45, 2.75) is 63.4 Å². The zero-order valence-electron chi connectivity index (χ0n) is 18.2. The molecule has 8 nitrogen and oxygen atoms in total. The first-order chi connectivity index (χ1) is 15.5. The topological polar surface area (TPSA) is 141 Å². The summed E-state index contributed by atoms with van der Waals surface area (Å²) >= 11 is 0. The monoisotopic (exact) mass is 452 g/mol. The lowest BCUT2D eigenvalue weighted by Gasteiger charge is -2.34. The quantitative estimate of drug-likeness (QED) is 0.441. The minimum Gasteiger partial charge on any atom is -0.507 e. The Bertz CT molecular complexity index is 1240. The number of phenolic OH excluding ortho intramolecular Hbond substituents is 2. The number of aliphatic hydroxyl groups excluding tert-OH is 1. The average Bonchev–Trinajstić information content (AvgIpc) is 2.72. The van der Waals surface area contributed by atoms with Gasteiger partial charge in [0.15, 0.2) is 11.6 Å². The van der Waals surface area contributed by atoms with Crippen LogP contribution in [-0.4, -0.2) is 55.6 Å². The minimum absolute atomic E-state index is 0.0420. The molecule has 1 aliphatic heterocycles. The lowest BCUT2D eigenvalue weighted by atomic mass is 9.72. The number of ketones is 3. The van der Waals surface area contributed by atoms with Crippen LogP contribution in [0.1, 0.15) is 92.5 Å². The van der Waals surface area contributed by atoms with Crippen molar-refractivity contribution in [2.24, 2.45) is 0 Å². The summed E-state index contributed by atoms with van der Waals surface area (Å²) in [6, 6.07) is 4.18. The number of aliphatic hydroxyl groups is 2. The fourth-order valence-electron chi connectivity index (χ4n) is 5.29. The van der Waals surface area contributed by atoms with Gasteiger partial charge < -0.3 is 25.2 Å². The highest BCUT2D eigenvalue weighted by molar-refractivity contribution is 6.33. The van der Waals surface area contributed by atoms with E-state index in [4.69, 9.17) is 4.74 Å². The number of phenols is 2. The zero-order valence-corrected chi connectivity index (χ0v) is 18.2. The predicted molar refractivity (Wildman–Crippen MR) is 115 cm³/mol. The van der Waals surface area contributed by atoms with E-state index in [1.807, 2.05) is 0 Å². The smallest absolute Gasteiger partial charge is 0.202 e. The Morgan fingerprint density at radius 1 is 0.970 bits per heavy atom. The summed E-state index contributed by atoms with van der Waals surface area (Å²) in [4.78, 5) is 39.8. The number of rotatable bonds is 1. The van der Waals surface area contributed by atoms with E-state index in [2.05, 4.69) is 0 Å². The van der Waals surface area contributed by atoms with Crippen molar-refractivity contribution in [3.63, 3.8) is 0 Å². The first-order valence-corrected chi connectivity index (χ1v) is 10.9. The van der Waals surface area contributed by atoms with Crippen LogP contribution in [0.4, 0.5) is 0 Å². The van der Waals surface area contributed by atoms with Crippen molar-refractivity contribution < 1.29 is 39.5 Å². The molecule has 1 heterocycles. The molecule has 0 spiro atoms. The van der Waals surface area contributed by atoms with Gasteiger partial charge in [0.2, 0.25) is 5.78 Å². The predicted octanol–water partition coefficient (Wildman–Crippen LogP) is 2.35. The molecule has 8 heteroatoms. The molecule has 4 N–H and O–H groups in total. The van der Waals surface area contributed by atoms with Crippen molar-refractivity contribution in [2.75, 3.05) is 0 Å². The second-order valence-electron chi connectivity index (χ2n) is 9.51. The average molecular weight is 452 g/mol. The molecule has 0 bridgehead atoms. The van der Waals surface area contributed by atoms with Crippen LogP contribution < -0.4 is 0 Å². The Morgan fingerprint density at radius 3 is 2.39 bits per heavy atom. The summed E-state index contributed by atoms with van der Waals surface area (Å²) < 4.78 is 5.80. The maximum atomic E-state index is 13.5. The van der Waals surface area contributed by atoms with Crippen LogP contribution in [0, 0.1) is 0 Å². The van der Waals surface area contributed by atoms with Gasteiger partial charge >= 0.3 is 0 Å². The molecular formula is C25H24O8. The third kappa shape index (κ3) is 3.20. The van der Waals surface area contributed by atoms with Crippen LogP contribution in [0.5, 0.6) is 11.5 Å². The summed E-state index contributed by atoms with van der Waals surface area (Å²) in [5, 5.41) is 41.9. The number of carbonyl (C=O) groups is 3. The van der Waals surface area contributed by atoms with Crippen molar-refractivity contribution in [3.8, 4) is 11.5 Å². The molecule has 1 fully saturated rings. The highest BCUT2D eigenvalue weighted by Gasteiger charge is 2.43. The van der Waals surface area contributed by atoms with Gasteiger partial charge in [-0.1, -0.05) is 6.07 Å². The summed E-state index contributed by atoms with van der Waals surface area (Å²) in [5.41, 5.74) is -1.44. The van der Waals surface area contributed by atoms with Gasteiger partial charge in [0.25, 0.3) is 0 Å². The van der Waals surface area contributed by atoms with E-state index >= 15 is 0 Å². The second kappa shape index (κ2) is 7.21. The van der Waals surface area contributed by atoms with Crippen molar-refractivity contribution in [1.29, 1.82) is 0 Å². The molecule has 0 radical (unpaired) electrons. The number of benzene rings is 2. The fourth-order valence-corrected chi connectivity index (χ4v) is 5.29. The third-order valence-electron chi connectivity index (χ3n) is 6.91. The SMILES string of the molecule is CC1OC(c2ccc3c(c2O)C(=O)c2c(O)cc4c(c2C3=O)C(=O)C[C@@](C)(O)C4)CCC1O. The Balaban J connectivity index is 1.66. The molecule has 2 aliphatic carbocycles. The Hall–Kier alpha value is -3.07. The van der Waals surface area contributed by atoms with Gasteiger partial charge in [-0.25, -0.2) is 0 Å². The van der Waals surface area contributed by atoms with Crippen LogP contribution in [0.25, 0.3) is 0 Å². The van der Waals surface area contributed by atoms with Gasteiger partial charge in [-0.05, 0) is 44.4 Å². The van der Waals surface area contributed by atoms with E-state index < -0.39 is 52.8 Å². The van der Waals surface area contributed by atoms with E-state index in [0.717, 1.165) is 0 Å². The van der Waals surface area contributed by atoms with Crippen LogP contribution in [0.2, 0.25) is 0 Å². The number of hydrogen-bond acceptors (Lipinski definition) is 8. The Morgan fingerprint density at radius 2 is 1.70 bits per heavy atom. The highest BCUT2D eigenvalue weighted by Crippen LogP contribution is 2.45. The number of Topliss-reactive ketones (excluding diaryl/α,β-unsaturated/α-hetero) is 1. The molecule has 4 atom stereocenters. The molecule has 0 aromatic heterocycles. The molecule has 2 aromatic rings. The number of carbonyl (C=O) groups excluding carboxylic acids is 3. The standard InChI is InChI=1S/C25H24O8/c1-10-14(26)5-6-17(33-10)12-3-4-13-19(22(12)29)24(31)20-15(27)7-11-8-25(2,32)9-16(28)18(11)21(20)23(13)30/h3-4,7,10,14,17,26-27,29,32H,5-6,8-9H2,1-2H3/t10?,14?,17?,25-/m0/s1. The van der Waals surface area contributed by atoms with Crippen molar-refractivity contribution >= 4 is 17.3 Å². The molecule has 0 saturated carbocycles. The Labute approximate surface area is 189 Å². The van der Waals surface area contributed by atoms with E-state index in [1.54, 1.807) is 6.92 Å². The van der Waals surface area contributed by atoms with E-state index in [-0.39, 0.29) is 40.7 Å². The highest BCUT2D eigenvalue weighted by atomic mass is 16.5. The molecule has 1 saturated heterocycles. The van der Waals surface area contributed by atoms with Gasteiger partial charge in [0.1, 0.15) is 11.5 Å². The molecule has 3 aliphatic rings. The van der Waals surface area contributed by atoms with Crippen LogP contribution in [0.3, 0.4) is 0 Å². The lowest BCUT2D eigenvalue weighted by Crippen LogP contribution is -2.38. The molecular weight excluding hydrogens is 428 g/mol. The fraction of sp³-hybridized carbons (Fsp3) is 0.400. The molecule has 0 amide bonds. The largest absolute Gasteiger partial charge is 0.507 e. The molecule has 3 unspecified atom stereocenters. The number of hydrogen-bond donors (Lipinski definition) is 4.